The van der Waals surface area contributed by atoms with Crippen molar-refractivity contribution in [1.29, 1.82) is 0 Å². The van der Waals surface area contributed by atoms with Crippen LogP contribution >= 0.6 is 39.1 Å². The Morgan fingerprint density at radius 2 is 1.59 bits per heavy atom. The van der Waals surface area contributed by atoms with Crippen molar-refractivity contribution < 1.29 is 23.1 Å². The Bertz CT molecular complexity index is 1670. The maximum atomic E-state index is 13.6. The zero-order chi connectivity index (χ0) is 29.2. The average Bonchev–Trinajstić information content (AvgIpc) is 2.96. The van der Waals surface area contributed by atoms with E-state index in [2.05, 4.69) is 20.7 Å². The summed E-state index contributed by atoms with van der Waals surface area (Å²) in [5.74, 6) is 0.472. The number of hydrogen-bond donors (Lipinski definition) is 2. The molecule has 0 aliphatic carbocycles. The number of aliphatic hydroxyl groups is 1. The van der Waals surface area contributed by atoms with Crippen LogP contribution in [0.3, 0.4) is 0 Å². The number of para-hydroxylation sites is 1. The summed E-state index contributed by atoms with van der Waals surface area (Å²) in [6.45, 7) is 0.577. The van der Waals surface area contributed by atoms with Crippen LogP contribution in [0.4, 0.5) is 5.69 Å². The van der Waals surface area contributed by atoms with Gasteiger partial charge in [0.25, 0.3) is 15.9 Å². The molecule has 1 amide bonds. The van der Waals surface area contributed by atoms with Crippen molar-refractivity contribution in [3.05, 3.63) is 117 Å². The minimum absolute atomic E-state index is 0.0186. The van der Waals surface area contributed by atoms with Gasteiger partial charge in [-0.2, -0.15) is 0 Å². The fourth-order valence-electron chi connectivity index (χ4n) is 4.63. The zero-order valence-corrected chi connectivity index (χ0v) is 25.5. The number of nitrogens with zero attached hydrogens (tertiary/aromatic N) is 1. The van der Waals surface area contributed by atoms with Crippen molar-refractivity contribution in [3.8, 4) is 11.5 Å². The molecule has 5 rings (SSSR count). The van der Waals surface area contributed by atoms with Crippen LogP contribution in [0.25, 0.3) is 0 Å². The third kappa shape index (κ3) is 6.71. The van der Waals surface area contributed by atoms with Gasteiger partial charge < -0.3 is 14.7 Å². The van der Waals surface area contributed by atoms with Crippen molar-refractivity contribution in [2.75, 3.05) is 17.8 Å². The van der Waals surface area contributed by atoms with Crippen LogP contribution in [0.15, 0.2) is 100 Å². The molecule has 41 heavy (non-hydrogen) atoms. The van der Waals surface area contributed by atoms with Gasteiger partial charge in [0.15, 0.2) is 0 Å². The van der Waals surface area contributed by atoms with Crippen molar-refractivity contribution in [2.24, 2.45) is 0 Å². The lowest BCUT2D eigenvalue weighted by Gasteiger charge is -2.38. The highest BCUT2D eigenvalue weighted by Crippen LogP contribution is 2.35. The maximum Gasteiger partial charge on any atom is 0.261 e. The number of anilines is 1. The molecule has 0 atom stereocenters. The molecule has 0 aromatic heterocycles. The summed E-state index contributed by atoms with van der Waals surface area (Å²) in [5.41, 5.74) is -0.0523. The van der Waals surface area contributed by atoms with Gasteiger partial charge in [-0.3, -0.25) is 9.52 Å². The predicted molar refractivity (Wildman–Crippen MR) is 163 cm³/mol. The maximum absolute atomic E-state index is 13.6. The topological polar surface area (TPSA) is 95.9 Å². The fraction of sp³-hybridized carbons (Fsp3) is 0.167. The first kappa shape index (κ1) is 29.4. The summed E-state index contributed by atoms with van der Waals surface area (Å²) in [6, 6.07) is 24.7. The van der Waals surface area contributed by atoms with E-state index >= 15 is 0 Å². The Balaban J connectivity index is 1.31. The lowest BCUT2D eigenvalue weighted by Crippen LogP contribution is -2.45. The summed E-state index contributed by atoms with van der Waals surface area (Å²) >= 11 is 15.7. The minimum atomic E-state index is -4.06. The first-order chi connectivity index (χ1) is 19.5. The van der Waals surface area contributed by atoms with Crippen molar-refractivity contribution in [3.63, 3.8) is 0 Å². The minimum Gasteiger partial charge on any atom is -0.456 e. The van der Waals surface area contributed by atoms with E-state index in [1.165, 1.54) is 42.5 Å². The molecule has 4 aromatic carbocycles. The molecule has 0 unspecified atom stereocenters. The molecule has 212 valence electrons. The molecule has 1 aliphatic rings. The first-order valence-corrected chi connectivity index (χ1v) is 15.7. The standard InChI is InChI=1S/C30H25BrCl2N2O5S/c31-21-7-5-20(6-8-21)30(37)15-17-35(18-16-30)29(36)25-19-22(32)9-14-27(25)34-41(38,39)24-12-10-23(11-13-24)40-28-4-2-1-3-26(28)33/h1-14,19,34,37H,15-18H2. The number of likely N-dealkylation sites (tertiary alicyclic amines) is 1. The first-order valence-electron chi connectivity index (χ1n) is 12.7. The Morgan fingerprint density at radius 3 is 2.24 bits per heavy atom. The summed E-state index contributed by atoms with van der Waals surface area (Å²) in [6.07, 6.45) is 0.676. The van der Waals surface area contributed by atoms with Gasteiger partial charge in [0.2, 0.25) is 0 Å². The predicted octanol–water partition coefficient (Wildman–Crippen LogP) is 7.47. The molecule has 1 heterocycles. The molecule has 7 nitrogen and oxygen atoms in total. The van der Waals surface area contributed by atoms with Gasteiger partial charge >= 0.3 is 0 Å². The number of piperidine rings is 1. The third-order valence-corrected chi connectivity index (χ3v) is 9.37. The molecular formula is C30H25BrCl2N2O5S. The summed E-state index contributed by atoms with van der Waals surface area (Å²) in [7, 11) is -4.06. The normalized spacial score (nSPS) is 14.9. The van der Waals surface area contributed by atoms with E-state index in [9.17, 15) is 18.3 Å². The van der Waals surface area contributed by atoms with E-state index in [1.54, 1.807) is 29.2 Å². The summed E-state index contributed by atoms with van der Waals surface area (Å²) in [5, 5.41) is 11.9. The lowest BCUT2D eigenvalue weighted by molar-refractivity contribution is -0.0211. The second-order valence-corrected chi connectivity index (χ2v) is 13.1. The van der Waals surface area contributed by atoms with Gasteiger partial charge in [-0.25, -0.2) is 8.42 Å². The van der Waals surface area contributed by atoms with E-state index < -0.39 is 15.6 Å². The largest absolute Gasteiger partial charge is 0.456 e. The quantitative estimate of drug-likeness (QED) is 0.212. The average molecular weight is 676 g/mol. The van der Waals surface area contributed by atoms with Gasteiger partial charge in [0.05, 0.1) is 26.8 Å². The van der Waals surface area contributed by atoms with Crippen molar-refractivity contribution in [2.45, 2.75) is 23.3 Å². The number of benzene rings is 4. The number of nitrogens with one attached hydrogen (secondary N) is 1. The van der Waals surface area contributed by atoms with Gasteiger partial charge in [-0.1, -0.05) is 63.4 Å². The molecule has 4 aromatic rings. The number of halogens is 3. The Labute approximate surface area is 256 Å². The molecular weight excluding hydrogens is 651 g/mol. The molecule has 0 saturated carbocycles. The number of carbonyl (C=O) groups is 1. The van der Waals surface area contributed by atoms with E-state index in [0.29, 0.717) is 34.4 Å². The second-order valence-electron chi connectivity index (χ2n) is 9.63. The highest BCUT2D eigenvalue weighted by atomic mass is 79.9. The molecule has 0 spiro atoms. The molecule has 1 aliphatic heterocycles. The smallest absolute Gasteiger partial charge is 0.261 e. The SMILES string of the molecule is O=C(c1cc(Cl)ccc1NS(=O)(=O)c1ccc(Oc2ccccc2Cl)cc1)N1CCC(O)(c2ccc(Br)cc2)CC1. The molecule has 2 N–H and O–H groups in total. The number of rotatable bonds is 7. The van der Waals surface area contributed by atoms with Crippen LogP contribution in [0.1, 0.15) is 28.8 Å². The zero-order valence-electron chi connectivity index (χ0n) is 21.6. The highest BCUT2D eigenvalue weighted by molar-refractivity contribution is 9.10. The summed E-state index contributed by atoms with van der Waals surface area (Å²) in [4.78, 5) is 15.1. The fourth-order valence-corrected chi connectivity index (χ4v) is 6.32. The van der Waals surface area contributed by atoms with Crippen molar-refractivity contribution in [1.82, 2.24) is 4.90 Å². The van der Waals surface area contributed by atoms with Crippen LogP contribution in [-0.2, 0) is 15.6 Å². The molecule has 1 fully saturated rings. The van der Waals surface area contributed by atoms with E-state index in [4.69, 9.17) is 27.9 Å². The van der Waals surface area contributed by atoms with Crippen LogP contribution in [0, 0.1) is 0 Å². The third-order valence-electron chi connectivity index (χ3n) is 6.91. The van der Waals surface area contributed by atoms with Gasteiger partial charge in [-0.05, 0) is 85.1 Å². The molecule has 0 radical (unpaired) electrons. The van der Waals surface area contributed by atoms with Crippen molar-refractivity contribution >= 4 is 60.7 Å². The summed E-state index contributed by atoms with van der Waals surface area (Å²) < 4.78 is 35.7. The highest BCUT2D eigenvalue weighted by Gasteiger charge is 2.36. The molecule has 0 bridgehead atoms. The second kappa shape index (κ2) is 12.0. The van der Waals surface area contributed by atoms with E-state index in [-0.39, 0.29) is 35.1 Å². The van der Waals surface area contributed by atoms with Crippen LogP contribution in [0.2, 0.25) is 10.0 Å². The van der Waals surface area contributed by atoms with E-state index in [1.807, 2.05) is 24.3 Å². The lowest BCUT2D eigenvalue weighted by atomic mass is 9.84. The van der Waals surface area contributed by atoms with Gasteiger partial charge in [0.1, 0.15) is 11.5 Å². The van der Waals surface area contributed by atoms with E-state index in [0.717, 1.165) is 10.0 Å². The van der Waals surface area contributed by atoms with Crippen LogP contribution in [-0.4, -0.2) is 37.4 Å². The molecule has 1 saturated heterocycles. The number of amides is 1. The van der Waals surface area contributed by atoms with Gasteiger partial charge in [-0.15, -0.1) is 0 Å². The van der Waals surface area contributed by atoms with Crippen LogP contribution < -0.4 is 9.46 Å². The van der Waals surface area contributed by atoms with Crippen LogP contribution in [0.5, 0.6) is 11.5 Å². The monoisotopic (exact) mass is 674 g/mol. The Hall–Kier alpha value is -3.08. The number of carbonyl (C=O) groups excluding carboxylic acids is 1. The Morgan fingerprint density at radius 1 is 0.927 bits per heavy atom. The molecule has 11 heteroatoms. The number of ether oxygens (including phenoxy) is 1. The Kier molecular flexibility index (Phi) is 8.63. The number of hydrogen-bond acceptors (Lipinski definition) is 5. The van der Waals surface area contributed by atoms with Gasteiger partial charge in [0, 0.05) is 22.6 Å². The number of sulfonamides is 1.